The van der Waals surface area contributed by atoms with Gasteiger partial charge in [-0.05, 0) is 35.4 Å². The predicted molar refractivity (Wildman–Crippen MR) is 72.6 cm³/mol. The molecule has 0 aliphatic carbocycles. The number of ether oxygens (including phenoxy) is 1. The van der Waals surface area contributed by atoms with E-state index in [4.69, 9.17) is 16.3 Å². The zero-order valence-corrected chi connectivity index (χ0v) is 10.8. The SMILES string of the molecule is Oc1ccc(C(Cl)(c2ccc(O)cc2)C2CO2)cc1. The number of halogens is 1. The molecule has 2 N–H and O–H groups in total. The maximum atomic E-state index is 9.38. The summed E-state index contributed by atoms with van der Waals surface area (Å²) in [6.45, 7) is 0.602. The van der Waals surface area contributed by atoms with E-state index in [1.807, 2.05) is 0 Å². The van der Waals surface area contributed by atoms with Crippen LogP contribution in [-0.2, 0) is 9.61 Å². The fraction of sp³-hybridized carbons (Fsp3) is 0.200. The quantitative estimate of drug-likeness (QED) is 0.669. The first-order valence-electron chi connectivity index (χ1n) is 6.00. The number of hydrogen-bond acceptors (Lipinski definition) is 3. The summed E-state index contributed by atoms with van der Waals surface area (Å²) < 4.78 is 5.39. The molecule has 1 atom stereocenters. The van der Waals surface area contributed by atoms with Gasteiger partial charge >= 0.3 is 0 Å². The Labute approximate surface area is 116 Å². The minimum absolute atomic E-state index is 0.0942. The first kappa shape index (κ1) is 12.3. The van der Waals surface area contributed by atoms with E-state index in [0.717, 1.165) is 11.1 Å². The third kappa shape index (κ3) is 2.15. The number of phenolic OH excluding ortho intramolecular Hbond substituents is 2. The molecule has 0 saturated carbocycles. The van der Waals surface area contributed by atoms with Crippen molar-refractivity contribution in [1.29, 1.82) is 0 Å². The second-order valence-electron chi connectivity index (χ2n) is 4.63. The van der Waals surface area contributed by atoms with E-state index in [1.54, 1.807) is 48.5 Å². The molecule has 1 saturated heterocycles. The van der Waals surface area contributed by atoms with E-state index in [0.29, 0.717) is 6.61 Å². The van der Waals surface area contributed by atoms with Crippen molar-refractivity contribution in [1.82, 2.24) is 0 Å². The molecule has 2 aromatic carbocycles. The molecule has 0 bridgehead atoms. The van der Waals surface area contributed by atoms with Gasteiger partial charge in [-0.15, -0.1) is 11.6 Å². The van der Waals surface area contributed by atoms with Crippen LogP contribution in [0.15, 0.2) is 48.5 Å². The monoisotopic (exact) mass is 276 g/mol. The maximum Gasteiger partial charge on any atom is 0.123 e. The minimum atomic E-state index is -0.790. The molecular formula is C15H13ClO3. The summed E-state index contributed by atoms with van der Waals surface area (Å²) in [4.78, 5) is -0.790. The number of rotatable bonds is 3. The topological polar surface area (TPSA) is 53.0 Å². The van der Waals surface area contributed by atoms with Gasteiger partial charge in [0, 0.05) is 0 Å². The number of hydrogen-bond donors (Lipinski definition) is 2. The summed E-state index contributed by atoms with van der Waals surface area (Å²) in [7, 11) is 0. The molecule has 1 heterocycles. The van der Waals surface area contributed by atoms with Crippen LogP contribution in [0.1, 0.15) is 11.1 Å². The third-order valence-electron chi connectivity index (χ3n) is 3.35. The van der Waals surface area contributed by atoms with Gasteiger partial charge in [0.15, 0.2) is 0 Å². The van der Waals surface area contributed by atoms with Gasteiger partial charge in [-0.3, -0.25) is 0 Å². The van der Waals surface area contributed by atoms with E-state index in [1.165, 1.54) is 0 Å². The first-order valence-corrected chi connectivity index (χ1v) is 6.38. The molecule has 4 heteroatoms. The van der Waals surface area contributed by atoms with Gasteiger partial charge in [0.1, 0.15) is 22.5 Å². The van der Waals surface area contributed by atoms with Gasteiger partial charge in [0.25, 0.3) is 0 Å². The summed E-state index contributed by atoms with van der Waals surface area (Å²) >= 11 is 6.80. The Morgan fingerprint density at radius 3 is 1.58 bits per heavy atom. The highest BCUT2D eigenvalue weighted by Gasteiger charge is 2.48. The van der Waals surface area contributed by atoms with Crippen LogP contribution in [0.2, 0.25) is 0 Å². The van der Waals surface area contributed by atoms with Crippen LogP contribution in [-0.4, -0.2) is 22.9 Å². The van der Waals surface area contributed by atoms with Crippen molar-refractivity contribution in [3.05, 3.63) is 59.7 Å². The Hall–Kier alpha value is -1.71. The van der Waals surface area contributed by atoms with Crippen molar-refractivity contribution < 1.29 is 14.9 Å². The van der Waals surface area contributed by atoms with Crippen LogP contribution in [0.25, 0.3) is 0 Å². The van der Waals surface area contributed by atoms with Crippen molar-refractivity contribution in [2.45, 2.75) is 11.0 Å². The van der Waals surface area contributed by atoms with E-state index in [9.17, 15) is 10.2 Å². The Bertz CT molecular complexity index is 528. The molecule has 0 radical (unpaired) electrons. The van der Waals surface area contributed by atoms with E-state index in [2.05, 4.69) is 0 Å². The van der Waals surface area contributed by atoms with Crippen LogP contribution < -0.4 is 0 Å². The van der Waals surface area contributed by atoms with Gasteiger partial charge in [0.05, 0.1) is 6.61 Å². The normalized spacial score (nSPS) is 18.3. The summed E-state index contributed by atoms with van der Waals surface area (Å²) in [6.07, 6.45) is -0.0942. The smallest absolute Gasteiger partial charge is 0.123 e. The molecule has 0 spiro atoms. The number of phenols is 2. The molecular weight excluding hydrogens is 264 g/mol. The fourth-order valence-electron chi connectivity index (χ4n) is 2.22. The zero-order valence-electron chi connectivity index (χ0n) is 10.1. The first-order chi connectivity index (χ1) is 9.10. The molecule has 3 rings (SSSR count). The van der Waals surface area contributed by atoms with Crippen molar-refractivity contribution in [2.24, 2.45) is 0 Å². The molecule has 1 aliphatic rings. The minimum Gasteiger partial charge on any atom is -0.508 e. The standard InChI is InChI=1S/C15H13ClO3/c16-15(14-9-19-14,10-1-5-12(17)6-2-10)11-3-7-13(18)8-4-11/h1-8,14,17-18H,9H2. The molecule has 0 amide bonds. The van der Waals surface area contributed by atoms with Crippen molar-refractivity contribution in [3.63, 3.8) is 0 Å². The molecule has 19 heavy (non-hydrogen) atoms. The van der Waals surface area contributed by atoms with Crippen molar-refractivity contribution in [3.8, 4) is 11.5 Å². The lowest BCUT2D eigenvalue weighted by atomic mass is 9.87. The summed E-state index contributed by atoms with van der Waals surface area (Å²) in [5.41, 5.74) is 1.72. The van der Waals surface area contributed by atoms with Crippen LogP contribution in [0, 0.1) is 0 Å². The van der Waals surface area contributed by atoms with E-state index < -0.39 is 4.87 Å². The second-order valence-corrected chi connectivity index (χ2v) is 5.22. The number of alkyl halides is 1. The van der Waals surface area contributed by atoms with Crippen molar-refractivity contribution >= 4 is 11.6 Å². The van der Waals surface area contributed by atoms with E-state index >= 15 is 0 Å². The lowest BCUT2D eigenvalue weighted by molar-refractivity contribution is 0.372. The lowest BCUT2D eigenvalue weighted by Gasteiger charge is -2.26. The van der Waals surface area contributed by atoms with Gasteiger partial charge in [-0.25, -0.2) is 0 Å². The molecule has 1 unspecified atom stereocenters. The Morgan fingerprint density at radius 2 is 1.26 bits per heavy atom. The molecule has 3 nitrogen and oxygen atoms in total. The molecule has 2 aromatic rings. The Kier molecular flexibility index (Phi) is 2.88. The largest absolute Gasteiger partial charge is 0.508 e. The van der Waals surface area contributed by atoms with Crippen LogP contribution in [0.4, 0.5) is 0 Å². The summed E-state index contributed by atoms with van der Waals surface area (Å²) in [5.74, 6) is 0.398. The van der Waals surface area contributed by atoms with Gasteiger partial charge in [-0.1, -0.05) is 24.3 Å². The molecule has 0 aromatic heterocycles. The molecule has 1 fully saturated rings. The van der Waals surface area contributed by atoms with Crippen LogP contribution in [0.5, 0.6) is 11.5 Å². The highest BCUT2D eigenvalue weighted by Crippen LogP contribution is 2.46. The second kappa shape index (κ2) is 4.44. The summed E-state index contributed by atoms with van der Waals surface area (Å²) in [6, 6.07) is 13.6. The molecule has 98 valence electrons. The van der Waals surface area contributed by atoms with Crippen molar-refractivity contribution in [2.75, 3.05) is 6.61 Å². The Balaban J connectivity index is 2.08. The zero-order chi connectivity index (χ0) is 13.5. The van der Waals surface area contributed by atoms with Gasteiger partial charge in [0.2, 0.25) is 0 Å². The average molecular weight is 277 g/mol. The lowest BCUT2D eigenvalue weighted by Crippen LogP contribution is -2.27. The number of epoxide rings is 1. The predicted octanol–water partition coefficient (Wildman–Crippen LogP) is 2.98. The van der Waals surface area contributed by atoms with Crippen LogP contribution in [0.3, 0.4) is 0 Å². The van der Waals surface area contributed by atoms with Gasteiger partial charge < -0.3 is 14.9 Å². The fourth-order valence-corrected chi connectivity index (χ4v) is 2.60. The highest BCUT2D eigenvalue weighted by atomic mass is 35.5. The van der Waals surface area contributed by atoms with E-state index in [-0.39, 0.29) is 17.6 Å². The van der Waals surface area contributed by atoms with Gasteiger partial charge in [-0.2, -0.15) is 0 Å². The number of aromatic hydroxyl groups is 2. The van der Waals surface area contributed by atoms with Crippen LogP contribution >= 0.6 is 11.6 Å². The third-order valence-corrected chi connectivity index (χ3v) is 4.03. The molecule has 1 aliphatic heterocycles. The summed E-state index contributed by atoms with van der Waals surface area (Å²) in [5, 5.41) is 18.8. The average Bonchev–Trinajstić information content (AvgIpc) is 3.24. The highest BCUT2D eigenvalue weighted by molar-refractivity contribution is 6.26. The number of benzene rings is 2. The maximum absolute atomic E-state index is 9.38. The Morgan fingerprint density at radius 1 is 0.895 bits per heavy atom.